The van der Waals surface area contributed by atoms with Crippen LogP contribution in [0.2, 0.25) is 0 Å². The molecular formula is C87H146NO8P. The summed E-state index contributed by atoms with van der Waals surface area (Å²) >= 11 is 0. The van der Waals surface area contributed by atoms with Gasteiger partial charge in [-0.15, -0.1) is 0 Å². The average molecular weight is 1370 g/mol. The zero-order chi connectivity index (χ0) is 70.0. The van der Waals surface area contributed by atoms with Crippen molar-refractivity contribution in [2.75, 3.05) is 26.4 Å². The first-order valence-corrected chi connectivity index (χ1v) is 41.1. The van der Waals surface area contributed by atoms with Crippen molar-refractivity contribution in [1.82, 2.24) is 0 Å². The monoisotopic (exact) mass is 1360 g/mol. The maximum absolute atomic E-state index is 12.8. The number of ether oxygens (including phenoxy) is 2. The summed E-state index contributed by atoms with van der Waals surface area (Å²) in [6.45, 7) is 3.61. The Morgan fingerprint density at radius 3 is 0.845 bits per heavy atom. The molecule has 0 bridgehead atoms. The molecule has 9 nitrogen and oxygen atoms in total. The number of phosphoric acid groups is 1. The number of phosphoric ester groups is 1. The zero-order valence-electron chi connectivity index (χ0n) is 62.3. The molecular weight excluding hydrogens is 1220 g/mol. The topological polar surface area (TPSA) is 134 Å². The van der Waals surface area contributed by atoms with Crippen molar-refractivity contribution in [1.29, 1.82) is 0 Å². The second-order valence-corrected chi connectivity index (χ2v) is 27.3. The lowest BCUT2D eigenvalue weighted by Crippen LogP contribution is -2.29. The highest BCUT2D eigenvalue weighted by Gasteiger charge is 2.26. The molecule has 2 atom stereocenters. The molecule has 0 aromatic heterocycles. The van der Waals surface area contributed by atoms with Crippen molar-refractivity contribution in [3.8, 4) is 0 Å². The molecule has 3 N–H and O–H groups in total. The van der Waals surface area contributed by atoms with Gasteiger partial charge in [-0.05, 0) is 135 Å². The van der Waals surface area contributed by atoms with E-state index in [9.17, 15) is 19.0 Å². The fourth-order valence-electron chi connectivity index (χ4n) is 10.8. The first-order valence-electron chi connectivity index (χ1n) is 39.6. The fourth-order valence-corrected chi connectivity index (χ4v) is 11.5. The van der Waals surface area contributed by atoms with Crippen LogP contribution in [0, 0.1) is 0 Å². The Morgan fingerprint density at radius 2 is 0.567 bits per heavy atom. The van der Waals surface area contributed by atoms with E-state index in [0.29, 0.717) is 6.42 Å². The van der Waals surface area contributed by atoms with Crippen LogP contribution < -0.4 is 5.73 Å². The minimum atomic E-state index is -4.41. The normalized spacial score (nSPS) is 13.8. The van der Waals surface area contributed by atoms with Gasteiger partial charge in [-0.25, -0.2) is 4.57 Å². The van der Waals surface area contributed by atoms with E-state index in [4.69, 9.17) is 24.3 Å². The Labute approximate surface area is 597 Å². The summed E-state index contributed by atoms with van der Waals surface area (Å²) in [6.07, 6.45) is 119. The van der Waals surface area contributed by atoms with Crippen molar-refractivity contribution in [2.24, 2.45) is 5.73 Å². The summed E-state index contributed by atoms with van der Waals surface area (Å²) in [5.74, 6) is -0.856. The number of hydrogen-bond acceptors (Lipinski definition) is 8. The molecule has 0 fully saturated rings. The highest BCUT2D eigenvalue weighted by Crippen LogP contribution is 2.43. The summed E-state index contributed by atoms with van der Waals surface area (Å²) in [5, 5.41) is 0. The molecule has 0 aromatic carbocycles. The van der Waals surface area contributed by atoms with Crippen molar-refractivity contribution in [3.63, 3.8) is 0 Å². The van der Waals surface area contributed by atoms with Crippen LogP contribution in [-0.4, -0.2) is 49.3 Å². The number of nitrogens with two attached hydrogens (primary N) is 1. The first kappa shape index (κ1) is 92.4. The van der Waals surface area contributed by atoms with Crippen molar-refractivity contribution < 1.29 is 37.6 Å². The van der Waals surface area contributed by atoms with Crippen LogP contribution in [-0.2, 0) is 32.7 Å². The van der Waals surface area contributed by atoms with E-state index < -0.39 is 26.5 Å². The van der Waals surface area contributed by atoms with Gasteiger partial charge in [0.25, 0.3) is 0 Å². The van der Waals surface area contributed by atoms with E-state index in [1.54, 1.807) is 0 Å². The van der Waals surface area contributed by atoms with Crippen LogP contribution in [0.15, 0.2) is 170 Å². The maximum atomic E-state index is 12.8. The van der Waals surface area contributed by atoms with Gasteiger partial charge < -0.3 is 20.1 Å². The zero-order valence-corrected chi connectivity index (χ0v) is 63.2. The molecule has 0 aliphatic carbocycles. The largest absolute Gasteiger partial charge is 0.472 e. The van der Waals surface area contributed by atoms with Crippen LogP contribution in [0.3, 0.4) is 0 Å². The summed E-state index contributed by atoms with van der Waals surface area (Å²) in [7, 11) is -4.41. The number of hydrogen-bond donors (Lipinski definition) is 2. The van der Waals surface area contributed by atoms with E-state index in [2.05, 4.69) is 184 Å². The van der Waals surface area contributed by atoms with Gasteiger partial charge in [0.1, 0.15) is 6.61 Å². The predicted molar refractivity (Wildman–Crippen MR) is 422 cm³/mol. The quantitative estimate of drug-likeness (QED) is 0.0264. The Balaban J connectivity index is 3.94. The number of carbonyl (C=O) groups excluding carboxylic acids is 2. The number of allylic oxidation sites excluding steroid dienone is 28. The number of carbonyl (C=O) groups is 2. The standard InChI is InChI=1S/C87H146NO8P/c1-3-5-7-9-11-13-15-17-19-21-23-25-27-29-31-33-35-37-39-40-41-42-43-44-46-48-50-52-54-56-58-60-62-64-66-68-70-72-74-76-78-80-87(90)96-85(84-95-97(91,92)94-82-81-88)83-93-86(89)79-77-75-73-71-69-67-65-63-61-59-57-55-53-51-49-47-45-38-36-34-32-30-28-26-24-22-20-18-16-14-12-10-8-6-4-2/h5,7,11,13,16-19,22-25,29,31,35,37,40-41,43-44,48,50,54,56,60,62,66,68,85H,3-4,6,8-10,12,14-15,20-21,26-28,30,32-34,36,38-39,42,45-47,49,51-53,55,57-59,61,63-65,67,69-84,88H2,1-2H3,(H,91,92)/b7-5-,13-11-,18-16-,19-17-,24-22-,25-23-,31-29-,37-35-,41-40-,44-43-,50-48-,56-54-,62-60-,68-66-. The molecule has 0 rings (SSSR count). The Morgan fingerprint density at radius 1 is 0.320 bits per heavy atom. The summed E-state index contributed by atoms with van der Waals surface area (Å²) in [4.78, 5) is 35.4. The molecule has 0 aliphatic rings. The molecule has 0 aromatic rings. The first-order chi connectivity index (χ1) is 47.8. The number of esters is 2. The van der Waals surface area contributed by atoms with Crippen LogP contribution in [0.25, 0.3) is 0 Å². The molecule has 552 valence electrons. The SMILES string of the molecule is CC/C=C\C/C=C\C/C=C\C/C=C\C/C=C\C/C=C\C/C=C\C/C=C\C/C=C\C/C=C\C/C=C\C/C=C\CCCCCCC(=O)OC(COC(=O)CCCCCCCCCCCCCCCCCCCCCCCCC/C=C\C/C=C\CCCCCCC)COP(=O)(O)OCCN. The number of unbranched alkanes of at least 4 members (excludes halogenated alkanes) is 32. The van der Waals surface area contributed by atoms with Crippen LogP contribution in [0.4, 0.5) is 0 Å². The van der Waals surface area contributed by atoms with Crippen molar-refractivity contribution in [3.05, 3.63) is 170 Å². The molecule has 2 unspecified atom stereocenters. The van der Waals surface area contributed by atoms with E-state index in [0.717, 1.165) is 128 Å². The third kappa shape index (κ3) is 80.2. The second kappa shape index (κ2) is 80.3. The average Bonchev–Trinajstić information content (AvgIpc) is 2.57. The summed E-state index contributed by atoms with van der Waals surface area (Å²) in [5.41, 5.74) is 5.41. The van der Waals surface area contributed by atoms with Gasteiger partial charge in [-0.1, -0.05) is 357 Å². The van der Waals surface area contributed by atoms with Gasteiger partial charge in [0.2, 0.25) is 0 Å². The van der Waals surface area contributed by atoms with Gasteiger partial charge in [-0.3, -0.25) is 18.6 Å². The molecule has 0 saturated carbocycles. The fraction of sp³-hybridized carbons (Fsp3) is 0.655. The van der Waals surface area contributed by atoms with E-state index in [1.165, 1.54) is 173 Å². The maximum Gasteiger partial charge on any atom is 0.472 e. The molecule has 0 saturated heterocycles. The highest BCUT2D eigenvalue weighted by atomic mass is 31.2. The Bertz CT molecular complexity index is 2210. The lowest BCUT2D eigenvalue weighted by Gasteiger charge is -2.19. The van der Waals surface area contributed by atoms with Gasteiger partial charge in [0.15, 0.2) is 6.10 Å². The van der Waals surface area contributed by atoms with Crippen LogP contribution in [0.1, 0.15) is 335 Å². The lowest BCUT2D eigenvalue weighted by molar-refractivity contribution is -0.161. The molecule has 0 amide bonds. The predicted octanol–water partition coefficient (Wildman–Crippen LogP) is 26.9. The second-order valence-electron chi connectivity index (χ2n) is 25.8. The van der Waals surface area contributed by atoms with Gasteiger partial charge in [-0.2, -0.15) is 0 Å². The smallest absolute Gasteiger partial charge is 0.462 e. The van der Waals surface area contributed by atoms with E-state index >= 15 is 0 Å². The minimum absolute atomic E-state index is 0.0420. The van der Waals surface area contributed by atoms with Crippen molar-refractivity contribution in [2.45, 2.75) is 341 Å². The van der Waals surface area contributed by atoms with Crippen LogP contribution >= 0.6 is 7.82 Å². The molecule has 97 heavy (non-hydrogen) atoms. The van der Waals surface area contributed by atoms with Gasteiger partial charge in [0, 0.05) is 19.4 Å². The number of rotatable bonds is 73. The molecule has 0 spiro atoms. The van der Waals surface area contributed by atoms with E-state index in [-0.39, 0.29) is 38.6 Å². The Hall–Kier alpha value is -4.63. The third-order valence-electron chi connectivity index (χ3n) is 16.6. The highest BCUT2D eigenvalue weighted by molar-refractivity contribution is 7.47. The third-order valence-corrected chi connectivity index (χ3v) is 17.6. The van der Waals surface area contributed by atoms with Gasteiger partial charge in [0.05, 0.1) is 13.2 Å². The van der Waals surface area contributed by atoms with Gasteiger partial charge >= 0.3 is 19.8 Å². The molecule has 0 radical (unpaired) electrons. The molecule has 0 heterocycles. The molecule has 0 aliphatic heterocycles. The molecule has 10 heteroatoms. The lowest BCUT2D eigenvalue weighted by atomic mass is 10.0. The summed E-state index contributed by atoms with van der Waals surface area (Å²) in [6, 6.07) is 0. The van der Waals surface area contributed by atoms with Crippen LogP contribution in [0.5, 0.6) is 0 Å². The van der Waals surface area contributed by atoms with Crippen molar-refractivity contribution >= 4 is 19.8 Å². The minimum Gasteiger partial charge on any atom is -0.462 e. The Kier molecular flexibility index (Phi) is 76.5. The van der Waals surface area contributed by atoms with E-state index in [1.807, 2.05) is 0 Å². The summed E-state index contributed by atoms with van der Waals surface area (Å²) < 4.78 is 33.2.